The number of amides is 1. The number of benzene rings is 2. The molecule has 0 bridgehead atoms. The number of hydrogen-bond acceptors (Lipinski definition) is 6. The minimum atomic E-state index is -0.749. The highest BCUT2D eigenvalue weighted by Crippen LogP contribution is 2.40. The molecule has 7 nitrogen and oxygen atoms in total. The number of nitrogens with zero attached hydrogens (tertiary/aromatic N) is 1. The smallest absolute Gasteiger partial charge is 0.295 e. The first-order valence-corrected chi connectivity index (χ1v) is 10.9. The van der Waals surface area contributed by atoms with E-state index in [-0.39, 0.29) is 11.3 Å². The molecule has 1 heterocycles. The molecule has 2 aromatic carbocycles. The molecular formula is C26H29NO6. The summed E-state index contributed by atoms with van der Waals surface area (Å²) in [5.74, 6) is -0.371. The van der Waals surface area contributed by atoms with Crippen LogP contribution in [0.2, 0.25) is 0 Å². The number of ether oxygens (including phenoxy) is 3. The monoisotopic (exact) mass is 451 g/mol. The Morgan fingerprint density at radius 2 is 1.88 bits per heavy atom. The fourth-order valence-electron chi connectivity index (χ4n) is 3.80. The number of carbonyl (C=O) groups excluding carboxylic acids is 2. The molecule has 1 aliphatic heterocycles. The fraction of sp³-hybridized carbons (Fsp3) is 0.308. The van der Waals surface area contributed by atoms with Gasteiger partial charge in [-0.3, -0.25) is 9.59 Å². The Morgan fingerprint density at radius 1 is 1.12 bits per heavy atom. The standard InChI is InChI=1S/C26H29NO6/c1-4-15-33-21-9-6-8-19(17-21)23-22(25(29)26(30)27(23)14-7-16-31-3)24(28)18-10-12-20(13-11-18)32-5-2/h4,6,8-13,17,23,28H,1,5,7,14-16H2,2-3H3/b24-22+. The SMILES string of the molecule is C=CCOc1cccc(C2/C(=C(\O)c3ccc(OCC)cc3)C(=O)C(=O)N2CCCOC)c1. The van der Waals surface area contributed by atoms with Crippen LogP contribution in [0.25, 0.3) is 5.76 Å². The zero-order chi connectivity index (χ0) is 23.8. The highest BCUT2D eigenvalue weighted by molar-refractivity contribution is 6.46. The number of aliphatic hydroxyl groups excluding tert-OH is 1. The number of methoxy groups -OCH3 is 1. The summed E-state index contributed by atoms with van der Waals surface area (Å²) in [6, 6.07) is 13.2. The van der Waals surface area contributed by atoms with Gasteiger partial charge in [0, 0.05) is 25.8 Å². The minimum absolute atomic E-state index is 0.0439. The van der Waals surface area contributed by atoms with E-state index < -0.39 is 17.7 Å². The van der Waals surface area contributed by atoms with E-state index in [1.54, 1.807) is 55.7 Å². The zero-order valence-corrected chi connectivity index (χ0v) is 19.0. The lowest BCUT2D eigenvalue weighted by atomic mass is 9.95. The predicted molar refractivity (Wildman–Crippen MR) is 125 cm³/mol. The molecule has 0 spiro atoms. The topological polar surface area (TPSA) is 85.3 Å². The Balaban J connectivity index is 2.07. The van der Waals surface area contributed by atoms with Gasteiger partial charge in [0.1, 0.15) is 23.9 Å². The van der Waals surface area contributed by atoms with Gasteiger partial charge in [-0.25, -0.2) is 0 Å². The van der Waals surface area contributed by atoms with E-state index in [1.165, 1.54) is 4.90 Å². The molecule has 1 aliphatic rings. The molecule has 2 aromatic rings. The molecule has 0 aliphatic carbocycles. The molecule has 1 fully saturated rings. The van der Waals surface area contributed by atoms with Gasteiger partial charge in [0.05, 0.1) is 18.2 Å². The maximum Gasteiger partial charge on any atom is 0.295 e. The molecule has 1 amide bonds. The Morgan fingerprint density at radius 3 is 2.55 bits per heavy atom. The second kappa shape index (κ2) is 11.3. The number of rotatable bonds is 11. The number of ketones is 1. The van der Waals surface area contributed by atoms with Crippen molar-refractivity contribution in [1.29, 1.82) is 0 Å². The van der Waals surface area contributed by atoms with Crippen LogP contribution in [-0.4, -0.2) is 55.2 Å². The number of likely N-dealkylation sites (tertiary alicyclic amines) is 1. The van der Waals surface area contributed by atoms with Gasteiger partial charge in [-0.15, -0.1) is 0 Å². The summed E-state index contributed by atoms with van der Waals surface area (Å²) in [6.07, 6.45) is 2.19. The molecule has 33 heavy (non-hydrogen) atoms. The van der Waals surface area contributed by atoms with Gasteiger partial charge in [0.15, 0.2) is 0 Å². The van der Waals surface area contributed by atoms with E-state index in [2.05, 4.69) is 6.58 Å². The largest absolute Gasteiger partial charge is 0.507 e. The molecule has 1 atom stereocenters. The van der Waals surface area contributed by atoms with Gasteiger partial charge < -0.3 is 24.2 Å². The number of Topliss-reactive ketones (excluding diaryl/α,β-unsaturated/α-hetero) is 1. The van der Waals surface area contributed by atoms with E-state index in [9.17, 15) is 14.7 Å². The molecule has 174 valence electrons. The lowest BCUT2D eigenvalue weighted by Gasteiger charge is -2.25. The molecule has 1 N–H and O–H groups in total. The van der Waals surface area contributed by atoms with E-state index in [1.807, 2.05) is 13.0 Å². The first kappa shape index (κ1) is 24.1. The minimum Gasteiger partial charge on any atom is -0.507 e. The first-order chi connectivity index (χ1) is 16.0. The highest BCUT2D eigenvalue weighted by Gasteiger charge is 2.45. The van der Waals surface area contributed by atoms with Crippen LogP contribution in [0.3, 0.4) is 0 Å². The van der Waals surface area contributed by atoms with Gasteiger partial charge >= 0.3 is 0 Å². The van der Waals surface area contributed by atoms with Crippen LogP contribution in [0.15, 0.2) is 66.8 Å². The summed E-state index contributed by atoms with van der Waals surface area (Å²) in [4.78, 5) is 27.5. The van der Waals surface area contributed by atoms with E-state index in [0.29, 0.717) is 55.4 Å². The van der Waals surface area contributed by atoms with Crippen LogP contribution < -0.4 is 9.47 Å². The van der Waals surface area contributed by atoms with Crippen molar-refractivity contribution >= 4 is 17.4 Å². The third-order valence-electron chi connectivity index (χ3n) is 5.27. The average molecular weight is 452 g/mol. The Hall–Kier alpha value is -3.58. The second-order valence-corrected chi connectivity index (χ2v) is 7.47. The van der Waals surface area contributed by atoms with Crippen molar-refractivity contribution in [1.82, 2.24) is 4.90 Å². The van der Waals surface area contributed by atoms with Crippen molar-refractivity contribution in [3.63, 3.8) is 0 Å². The third kappa shape index (κ3) is 5.43. The van der Waals surface area contributed by atoms with Crippen LogP contribution in [0, 0.1) is 0 Å². The van der Waals surface area contributed by atoms with Crippen LogP contribution in [-0.2, 0) is 14.3 Å². The van der Waals surface area contributed by atoms with E-state index in [4.69, 9.17) is 14.2 Å². The van der Waals surface area contributed by atoms with Crippen molar-refractivity contribution in [2.24, 2.45) is 0 Å². The predicted octanol–water partition coefficient (Wildman–Crippen LogP) is 4.11. The highest BCUT2D eigenvalue weighted by atomic mass is 16.5. The Bertz CT molecular complexity index is 1030. The van der Waals surface area contributed by atoms with Gasteiger partial charge in [-0.05, 0) is 55.3 Å². The number of aliphatic hydroxyl groups is 1. The van der Waals surface area contributed by atoms with E-state index >= 15 is 0 Å². The average Bonchev–Trinajstić information content (AvgIpc) is 3.08. The molecule has 1 saturated heterocycles. The molecule has 0 saturated carbocycles. The summed E-state index contributed by atoms with van der Waals surface area (Å²) >= 11 is 0. The third-order valence-corrected chi connectivity index (χ3v) is 5.27. The van der Waals surface area contributed by atoms with Gasteiger partial charge in [-0.1, -0.05) is 24.8 Å². The normalized spacial score (nSPS) is 17.3. The number of carbonyl (C=O) groups is 2. The summed E-state index contributed by atoms with van der Waals surface area (Å²) in [5.41, 5.74) is 1.14. The van der Waals surface area contributed by atoms with Crippen molar-refractivity contribution in [2.45, 2.75) is 19.4 Å². The molecule has 0 radical (unpaired) electrons. The van der Waals surface area contributed by atoms with Crippen LogP contribution >= 0.6 is 0 Å². The van der Waals surface area contributed by atoms with Gasteiger partial charge in [-0.2, -0.15) is 0 Å². The van der Waals surface area contributed by atoms with Crippen LogP contribution in [0.4, 0.5) is 0 Å². The number of hydrogen-bond donors (Lipinski definition) is 1. The maximum atomic E-state index is 13.1. The van der Waals surface area contributed by atoms with Crippen molar-refractivity contribution in [3.05, 3.63) is 77.9 Å². The zero-order valence-electron chi connectivity index (χ0n) is 19.0. The lowest BCUT2D eigenvalue weighted by molar-refractivity contribution is -0.140. The summed E-state index contributed by atoms with van der Waals surface area (Å²) in [7, 11) is 1.58. The van der Waals surface area contributed by atoms with Gasteiger partial charge in [0.2, 0.25) is 0 Å². The fourth-order valence-corrected chi connectivity index (χ4v) is 3.80. The van der Waals surface area contributed by atoms with Gasteiger partial charge in [0.25, 0.3) is 11.7 Å². The molecule has 7 heteroatoms. The summed E-state index contributed by atoms with van der Waals surface area (Å²) < 4.78 is 16.2. The molecule has 3 rings (SSSR count). The van der Waals surface area contributed by atoms with Crippen molar-refractivity contribution in [3.8, 4) is 11.5 Å². The van der Waals surface area contributed by atoms with Crippen molar-refractivity contribution < 1.29 is 28.9 Å². The molecular weight excluding hydrogens is 422 g/mol. The maximum absolute atomic E-state index is 13.1. The first-order valence-electron chi connectivity index (χ1n) is 10.9. The second-order valence-electron chi connectivity index (χ2n) is 7.47. The van der Waals surface area contributed by atoms with E-state index in [0.717, 1.165) is 0 Å². The Labute approximate surface area is 193 Å². The van der Waals surface area contributed by atoms with Crippen LogP contribution in [0.1, 0.15) is 30.5 Å². The Kier molecular flexibility index (Phi) is 8.27. The molecule has 0 aromatic heterocycles. The summed E-state index contributed by atoms with van der Waals surface area (Å²) in [5, 5.41) is 11.1. The van der Waals surface area contributed by atoms with Crippen LogP contribution in [0.5, 0.6) is 11.5 Å². The molecule has 1 unspecified atom stereocenters. The van der Waals surface area contributed by atoms with Crippen molar-refractivity contribution in [2.75, 3.05) is 33.5 Å². The quantitative estimate of drug-likeness (QED) is 0.182. The summed E-state index contributed by atoms with van der Waals surface area (Å²) in [6.45, 7) is 7.12. The lowest BCUT2D eigenvalue weighted by Crippen LogP contribution is -2.31.